The number of amides is 1. The van der Waals surface area contributed by atoms with Crippen molar-refractivity contribution < 1.29 is 19.8 Å². The highest BCUT2D eigenvalue weighted by molar-refractivity contribution is 5.91. The molecular formula is C31H32N4O4. The van der Waals surface area contributed by atoms with E-state index in [9.17, 15) is 14.7 Å². The number of nitrogens with zero attached hydrogens (tertiary/aromatic N) is 2. The maximum Gasteiger partial charge on any atom is 0.303 e. The van der Waals surface area contributed by atoms with Crippen LogP contribution in [-0.2, 0) is 9.59 Å². The number of pyridine rings is 2. The quantitative estimate of drug-likeness (QED) is 0.165. The Labute approximate surface area is 227 Å². The molecule has 0 aliphatic carbocycles. The average molecular weight is 525 g/mol. The molecule has 2 aromatic heterocycles. The highest BCUT2D eigenvalue weighted by atomic mass is 16.4. The van der Waals surface area contributed by atoms with E-state index in [1.807, 2.05) is 91.0 Å². The summed E-state index contributed by atoms with van der Waals surface area (Å²) in [4.78, 5) is 32.7. The second-order valence-corrected chi connectivity index (χ2v) is 9.21. The third kappa shape index (κ3) is 7.72. The normalized spacial score (nSPS) is 13.2. The van der Waals surface area contributed by atoms with Gasteiger partial charge in [0.2, 0.25) is 5.91 Å². The van der Waals surface area contributed by atoms with Crippen molar-refractivity contribution in [1.29, 1.82) is 0 Å². The molecule has 0 aliphatic rings. The van der Waals surface area contributed by atoms with Gasteiger partial charge in [0.15, 0.2) is 0 Å². The number of aliphatic hydroxyl groups excluding tert-OH is 1. The van der Waals surface area contributed by atoms with Crippen molar-refractivity contribution in [3.8, 4) is 0 Å². The van der Waals surface area contributed by atoms with E-state index in [-0.39, 0.29) is 18.7 Å². The van der Waals surface area contributed by atoms with Crippen LogP contribution in [0.1, 0.15) is 60.6 Å². The molecule has 1 amide bonds. The molecule has 0 bridgehead atoms. The number of carbonyl (C=O) groups excluding carboxylic acids is 1. The third-order valence-corrected chi connectivity index (χ3v) is 6.45. The standard InChI is InChI=1S/C31H32N4O4/c36-27(18-6-7-19-28(37)38)34-24-15-5-4-14-23(24)30(35-26-17-9-11-21-33-26)29(25-16-8-10-20-32-25)31(39)22-12-2-1-3-13-22/h1-5,8-17,20-21,29-31,39H,6-7,18-19H2,(H,33,35)(H,34,36)(H,37,38). The van der Waals surface area contributed by atoms with Gasteiger partial charge in [-0.1, -0.05) is 60.7 Å². The average Bonchev–Trinajstić information content (AvgIpc) is 2.97. The number of rotatable bonds is 13. The molecule has 0 aliphatic heterocycles. The summed E-state index contributed by atoms with van der Waals surface area (Å²) in [7, 11) is 0. The minimum Gasteiger partial charge on any atom is -0.481 e. The lowest BCUT2D eigenvalue weighted by Crippen LogP contribution is -2.27. The van der Waals surface area contributed by atoms with Gasteiger partial charge in [0.05, 0.1) is 18.1 Å². The number of aromatic nitrogens is 2. The number of hydrogen-bond donors (Lipinski definition) is 4. The third-order valence-electron chi connectivity index (χ3n) is 6.45. The minimum absolute atomic E-state index is 0.0308. The summed E-state index contributed by atoms with van der Waals surface area (Å²) in [6.07, 6.45) is 3.59. The summed E-state index contributed by atoms with van der Waals surface area (Å²) in [5.74, 6) is -1.02. The van der Waals surface area contributed by atoms with Crippen LogP contribution in [0.2, 0.25) is 0 Å². The molecule has 8 nitrogen and oxygen atoms in total. The first-order valence-electron chi connectivity index (χ1n) is 12.9. The molecule has 39 heavy (non-hydrogen) atoms. The van der Waals surface area contributed by atoms with E-state index in [2.05, 4.69) is 20.6 Å². The summed E-state index contributed by atoms with van der Waals surface area (Å²) >= 11 is 0. The molecule has 4 aromatic rings. The number of aliphatic carboxylic acids is 1. The molecule has 3 atom stereocenters. The molecule has 8 heteroatoms. The van der Waals surface area contributed by atoms with Gasteiger partial charge in [0, 0.05) is 36.6 Å². The van der Waals surface area contributed by atoms with Gasteiger partial charge in [-0.25, -0.2) is 4.98 Å². The highest BCUT2D eigenvalue weighted by Gasteiger charge is 2.35. The molecule has 0 fully saturated rings. The summed E-state index contributed by atoms with van der Waals surface area (Å²) in [5.41, 5.74) is 2.76. The van der Waals surface area contributed by atoms with Crippen LogP contribution in [0.15, 0.2) is 103 Å². The Balaban J connectivity index is 1.73. The molecule has 200 valence electrons. The number of benzene rings is 2. The predicted octanol–water partition coefficient (Wildman–Crippen LogP) is 5.73. The van der Waals surface area contributed by atoms with Crippen molar-refractivity contribution in [2.75, 3.05) is 10.6 Å². The van der Waals surface area contributed by atoms with Crippen molar-refractivity contribution in [3.05, 3.63) is 120 Å². The number of carbonyl (C=O) groups is 2. The Kier molecular flexibility index (Phi) is 9.74. The minimum atomic E-state index is -0.929. The molecule has 2 heterocycles. The van der Waals surface area contributed by atoms with E-state index in [0.717, 1.165) is 11.1 Å². The zero-order chi connectivity index (χ0) is 27.5. The largest absolute Gasteiger partial charge is 0.481 e. The smallest absolute Gasteiger partial charge is 0.303 e. The molecule has 2 aromatic carbocycles. The molecule has 0 spiro atoms. The van der Waals surface area contributed by atoms with Crippen molar-refractivity contribution >= 4 is 23.4 Å². The zero-order valence-corrected chi connectivity index (χ0v) is 21.5. The van der Waals surface area contributed by atoms with Crippen LogP contribution < -0.4 is 10.6 Å². The fourth-order valence-corrected chi connectivity index (χ4v) is 4.57. The van der Waals surface area contributed by atoms with E-state index in [4.69, 9.17) is 5.11 Å². The first-order valence-corrected chi connectivity index (χ1v) is 12.9. The summed E-state index contributed by atoms with van der Waals surface area (Å²) < 4.78 is 0. The second-order valence-electron chi connectivity index (χ2n) is 9.21. The number of unbranched alkanes of at least 4 members (excludes halogenated alkanes) is 1. The number of carboxylic acids is 1. The molecule has 0 saturated heterocycles. The van der Waals surface area contributed by atoms with Crippen molar-refractivity contribution in [3.63, 3.8) is 0 Å². The fraction of sp³-hybridized carbons (Fsp3) is 0.226. The van der Waals surface area contributed by atoms with Crippen LogP contribution in [-0.4, -0.2) is 32.1 Å². The Morgan fingerprint density at radius 3 is 2.13 bits per heavy atom. The lowest BCUT2D eigenvalue weighted by atomic mass is 9.82. The maximum atomic E-state index is 12.8. The van der Waals surface area contributed by atoms with Crippen LogP contribution >= 0.6 is 0 Å². The van der Waals surface area contributed by atoms with Gasteiger partial charge in [-0.05, 0) is 54.3 Å². The second kappa shape index (κ2) is 13.8. The molecule has 4 N–H and O–H groups in total. The fourth-order valence-electron chi connectivity index (χ4n) is 4.57. The Morgan fingerprint density at radius 2 is 1.44 bits per heavy atom. The van der Waals surface area contributed by atoms with E-state index < -0.39 is 24.0 Å². The molecular weight excluding hydrogens is 492 g/mol. The molecule has 4 rings (SSSR count). The van der Waals surface area contributed by atoms with Gasteiger partial charge in [-0.15, -0.1) is 0 Å². The summed E-state index contributed by atoms with van der Waals surface area (Å²) in [6, 6.07) is 27.5. The molecule has 0 radical (unpaired) electrons. The Bertz CT molecular complexity index is 1340. The highest BCUT2D eigenvalue weighted by Crippen LogP contribution is 2.43. The number of para-hydroxylation sites is 1. The van der Waals surface area contributed by atoms with Crippen LogP contribution in [0.4, 0.5) is 11.5 Å². The van der Waals surface area contributed by atoms with Gasteiger partial charge in [0.25, 0.3) is 0 Å². The summed E-state index contributed by atoms with van der Waals surface area (Å²) in [5, 5.41) is 27.1. The first-order chi connectivity index (χ1) is 19.0. The monoisotopic (exact) mass is 524 g/mol. The predicted molar refractivity (Wildman–Crippen MR) is 150 cm³/mol. The van der Waals surface area contributed by atoms with Gasteiger partial charge in [-0.3, -0.25) is 14.6 Å². The van der Waals surface area contributed by atoms with Gasteiger partial charge in [-0.2, -0.15) is 0 Å². The number of aliphatic hydroxyl groups is 1. The molecule has 0 saturated carbocycles. The van der Waals surface area contributed by atoms with Crippen LogP contribution in [0.25, 0.3) is 0 Å². The van der Waals surface area contributed by atoms with E-state index in [1.54, 1.807) is 12.4 Å². The van der Waals surface area contributed by atoms with E-state index >= 15 is 0 Å². The van der Waals surface area contributed by atoms with Crippen molar-refractivity contribution in [2.45, 2.75) is 43.7 Å². The Hall–Kier alpha value is -4.56. The lowest BCUT2D eigenvalue weighted by Gasteiger charge is -2.33. The number of carboxylic acid groups (broad SMARTS) is 1. The maximum absolute atomic E-state index is 12.8. The van der Waals surface area contributed by atoms with Gasteiger partial charge >= 0.3 is 5.97 Å². The SMILES string of the molecule is O=C(O)CCCCC(=O)Nc1ccccc1C(Nc1ccccn1)C(c1ccccn1)C(O)c1ccccc1. The first kappa shape index (κ1) is 27.5. The van der Waals surface area contributed by atoms with E-state index in [0.29, 0.717) is 30.0 Å². The van der Waals surface area contributed by atoms with Crippen LogP contribution in [0.5, 0.6) is 0 Å². The van der Waals surface area contributed by atoms with Crippen LogP contribution in [0.3, 0.4) is 0 Å². The van der Waals surface area contributed by atoms with Crippen molar-refractivity contribution in [2.24, 2.45) is 0 Å². The van der Waals surface area contributed by atoms with E-state index in [1.165, 1.54) is 0 Å². The van der Waals surface area contributed by atoms with Gasteiger partial charge < -0.3 is 20.8 Å². The number of anilines is 2. The van der Waals surface area contributed by atoms with Crippen LogP contribution in [0, 0.1) is 0 Å². The summed E-state index contributed by atoms with van der Waals surface area (Å²) in [6.45, 7) is 0. The number of hydrogen-bond acceptors (Lipinski definition) is 6. The van der Waals surface area contributed by atoms with Crippen molar-refractivity contribution in [1.82, 2.24) is 9.97 Å². The topological polar surface area (TPSA) is 124 Å². The zero-order valence-electron chi connectivity index (χ0n) is 21.5. The Morgan fingerprint density at radius 1 is 0.769 bits per heavy atom. The lowest BCUT2D eigenvalue weighted by molar-refractivity contribution is -0.137. The number of nitrogens with one attached hydrogen (secondary N) is 2. The molecule has 3 unspecified atom stereocenters. The van der Waals surface area contributed by atoms with Gasteiger partial charge in [0.1, 0.15) is 5.82 Å².